The van der Waals surface area contributed by atoms with E-state index in [1.807, 2.05) is 11.0 Å². The number of nitrogens with zero attached hydrogens (tertiary/aromatic N) is 3. The first-order valence-corrected chi connectivity index (χ1v) is 10.0. The van der Waals surface area contributed by atoms with Crippen LogP contribution in [0.4, 0.5) is 5.69 Å². The maximum atomic E-state index is 13.2. The maximum Gasteiger partial charge on any atom is 0.254 e. The molecule has 0 radical (unpaired) electrons. The maximum absolute atomic E-state index is 13.2. The molecule has 0 unspecified atom stereocenters. The van der Waals surface area contributed by atoms with Gasteiger partial charge in [-0.1, -0.05) is 12.1 Å². The van der Waals surface area contributed by atoms with Crippen molar-refractivity contribution in [2.45, 2.75) is 33.7 Å². The van der Waals surface area contributed by atoms with Crippen molar-refractivity contribution in [3.63, 3.8) is 0 Å². The summed E-state index contributed by atoms with van der Waals surface area (Å²) < 4.78 is 2.20. The van der Waals surface area contributed by atoms with E-state index in [0.717, 1.165) is 25.2 Å². The third-order valence-electron chi connectivity index (χ3n) is 6.30. The van der Waals surface area contributed by atoms with E-state index in [1.54, 1.807) is 0 Å². The zero-order chi connectivity index (χ0) is 20.0. The smallest absolute Gasteiger partial charge is 0.254 e. The Bertz CT molecular complexity index is 1050. The summed E-state index contributed by atoms with van der Waals surface area (Å²) in [4.78, 5) is 17.6. The van der Waals surface area contributed by atoms with Gasteiger partial charge >= 0.3 is 0 Å². The van der Waals surface area contributed by atoms with Crippen molar-refractivity contribution < 1.29 is 4.79 Å². The molecule has 4 rings (SSSR count). The van der Waals surface area contributed by atoms with Crippen molar-refractivity contribution >= 4 is 22.5 Å². The van der Waals surface area contributed by atoms with Crippen molar-refractivity contribution in [3.8, 4) is 0 Å². The highest BCUT2D eigenvalue weighted by atomic mass is 16.2. The fourth-order valence-electron chi connectivity index (χ4n) is 4.40. The van der Waals surface area contributed by atoms with Gasteiger partial charge in [-0.2, -0.15) is 0 Å². The summed E-state index contributed by atoms with van der Waals surface area (Å²) in [7, 11) is 2.08. The Kier molecular flexibility index (Phi) is 4.66. The predicted molar refractivity (Wildman–Crippen MR) is 116 cm³/mol. The molecule has 1 amide bonds. The molecule has 1 aliphatic heterocycles. The number of anilines is 1. The van der Waals surface area contributed by atoms with Crippen LogP contribution in [0, 0.1) is 20.8 Å². The molecule has 2 aromatic carbocycles. The van der Waals surface area contributed by atoms with Gasteiger partial charge < -0.3 is 14.4 Å². The number of hydrogen-bond donors (Lipinski definition) is 0. The van der Waals surface area contributed by atoms with Crippen molar-refractivity contribution in [2.24, 2.45) is 7.05 Å². The minimum atomic E-state index is 0.138. The summed E-state index contributed by atoms with van der Waals surface area (Å²) in [5, 5.41) is 1.18. The van der Waals surface area contributed by atoms with Gasteiger partial charge in [0.05, 0.1) is 0 Å². The zero-order valence-electron chi connectivity index (χ0n) is 17.5. The zero-order valence-corrected chi connectivity index (χ0v) is 17.5. The standard InChI is InChI=1S/C24H29N3O/c1-16-7-6-8-21(13-16)27-12-11-26(15-17(27)2)24(28)20-9-10-23-22(14-20)18(3)19(4)25(23)5/h6-10,13-14,17H,11-12,15H2,1-5H3/t17-/m1/s1. The highest BCUT2D eigenvalue weighted by Crippen LogP contribution is 2.27. The number of fused-ring (bicyclic) bond motifs is 1. The van der Waals surface area contributed by atoms with Gasteiger partial charge in [-0.05, 0) is 69.2 Å². The van der Waals surface area contributed by atoms with Crippen LogP contribution in [-0.2, 0) is 7.05 Å². The van der Waals surface area contributed by atoms with Crippen LogP contribution in [0.3, 0.4) is 0 Å². The quantitative estimate of drug-likeness (QED) is 0.662. The van der Waals surface area contributed by atoms with Crippen LogP contribution in [0.25, 0.3) is 10.9 Å². The van der Waals surface area contributed by atoms with E-state index in [9.17, 15) is 4.79 Å². The van der Waals surface area contributed by atoms with Crippen LogP contribution in [0.1, 0.15) is 34.1 Å². The number of aryl methyl sites for hydroxylation is 3. The van der Waals surface area contributed by atoms with Crippen LogP contribution in [0.15, 0.2) is 42.5 Å². The van der Waals surface area contributed by atoms with E-state index in [0.29, 0.717) is 6.04 Å². The first-order chi connectivity index (χ1) is 13.4. The highest BCUT2D eigenvalue weighted by Gasteiger charge is 2.28. The topological polar surface area (TPSA) is 28.5 Å². The summed E-state index contributed by atoms with van der Waals surface area (Å²) in [6, 6.07) is 15.0. The number of amides is 1. The third-order valence-corrected chi connectivity index (χ3v) is 6.30. The predicted octanol–water partition coefficient (Wildman–Crippen LogP) is 4.45. The molecule has 0 spiro atoms. The van der Waals surface area contributed by atoms with Crippen LogP contribution in [-0.4, -0.2) is 41.1 Å². The molecular weight excluding hydrogens is 346 g/mol. The molecule has 3 aromatic rings. The van der Waals surface area contributed by atoms with E-state index in [-0.39, 0.29) is 5.91 Å². The van der Waals surface area contributed by atoms with Gasteiger partial charge in [0.1, 0.15) is 0 Å². The molecule has 4 nitrogen and oxygen atoms in total. The lowest BCUT2D eigenvalue weighted by molar-refractivity contribution is 0.0726. The van der Waals surface area contributed by atoms with Gasteiger partial charge in [0, 0.05) is 60.6 Å². The van der Waals surface area contributed by atoms with Gasteiger partial charge in [-0.15, -0.1) is 0 Å². The van der Waals surface area contributed by atoms with Gasteiger partial charge in [-0.25, -0.2) is 0 Å². The molecule has 0 N–H and O–H groups in total. The monoisotopic (exact) mass is 375 g/mol. The van der Waals surface area contributed by atoms with Gasteiger partial charge in [-0.3, -0.25) is 4.79 Å². The van der Waals surface area contributed by atoms with E-state index in [2.05, 4.69) is 80.6 Å². The number of hydrogen-bond acceptors (Lipinski definition) is 2. The SMILES string of the molecule is Cc1cccc(N2CCN(C(=O)c3ccc4c(c3)c(C)c(C)n4C)C[C@H]2C)c1. The lowest BCUT2D eigenvalue weighted by Crippen LogP contribution is -2.53. The number of carbonyl (C=O) groups is 1. The molecule has 146 valence electrons. The molecule has 1 aromatic heterocycles. The fourth-order valence-corrected chi connectivity index (χ4v) is 4.40. The van der Waals surface area contributed by atoms with Crippen LogP contribution < -0.4 is 4.90 Å². The number of carbonyl (C=O) groups excluding carboxylic acids is 1. The second-order valence-corrected chi connectivity index (χ2v) is 8.13. The Morgan fingerprint density at radius 1 is 1.04 bits per heavy atom. The first kappa shape index (κ1) is 18.6. The second-order valence-electron chi connectivity index (χ2n) is 8.13. The average Bonchev–Trinajstić information content (AvgIpc) is 2.91. The lowest BCUT2D eigenvalue weighted by Gasteiger charge is -2.41. The summed E-state index contributed by atoms with van der Waals surface area (Å²) in [6.07, 6.45) is 0. The van der Waals surface area contributed by atoms with Gasteiger partial charge in [0.2, 0.25) is 0 Å². The normalized spacial score (nSPS) is 17.4. The van der Waals surface area contributed by atoms with Crippen molar-refractivity contribution in [2.75, 3.05) is 24.5 Å². The Hall–Kier alpha value is -2.75. The van der Waals surface area contributed by atoms with Gasteiger partial charge in [0.25, 0.3) is 5.91 Å². The Balaban J connectivity index is 1.55. The van der Waals surface area contributed by atoms with Crippen molar-refractivity contribution in [1.29, 1.82) is 0 Å². The average molecular weight is 376 g/mol. The molecule has 1 aliphatic rings. The van der Waals surface area contributed by atoms with Gasteiger partial charge in [0.15, 0.2) is 0 Å². The Morgan fingerprint density at radius 2 is 1.82 bits per heavy atom. The summed E-state index contributed by atoms with van der Waals surface area (Å²) in [5.41, 5.74) is 6.99. The molecule has 0 aliphatic carbocycles. The minimum absolute atomic E-state index is 0.138. The van der Waals surface area contributed by atoms with Crippen molar-refractivity contribution in [1.82, 2.24) is 9.47 Å². The van der Waals surface area contributed by atoms with E-state index in [4.69, 9.17) is 0 Å². The molecule has 1 atom stereocenters. The van der Waals surface area contributed by atoms with Crippen LogP contribution in [0.2, 0.25) is 0 Å². The number of benzene rings is 2. The van der Waals surface area contributed by atoms with Crippen LogP contribution >= 0.6 is 0 Å². The second kappa shape index (κ2) is 7.01. The highest BCUT2D eigenvalue weighted by molar-refractivity contribution is 5.99. The van der Waals surface area contributed by atoms with Crippen molar-refractivity contribution in [3.05, 3.63) is 64.8 Å². The van der Waals surface area contributed by atoms with E-state index >= 15 is 0 Å². The minimum Gasteiger partial charge on any atom is -0.365 e. The molecule has 1 fully saturated rings. The number of rotatable bonds is 2. The molecular formula is C24H29N3O. The summed E-state index contributed by atoms with van der Waals surface area (Å²) in [5.74, 6) is 0.138. The van der Waals surface area contributed by atoms with E-state index < -0.39 is 0 Å². The molecule has 0 saturated carbocycles. The Labute approximate surface area is 167 Å². The molecule has 4 heteroatoms. The molecule has 1 saturated heterocycles. The fraction of sp³-hybridized carbons (Fsp3) is 0.375. The number of aromatic nitrogens is 1. The van der Waals surface area contributed by atoms with E-state index in [1.165, 1.54) is 33.4 Å². The largest absolute Gasteiger partial charge is 0.365 e. The summed E-state index contributed by atoms with van der Waals surface area (Å²) >= 11 is 0. The molecule has 2 heterocycles. The lowest BCUT2D eigenvalue weighted by atomic mass is 10.1. The number of piperazine rings is 1. The summed E-state index contributed by atoms with van der Waals surface area (Å²) in [6.45, 7) is 11.0. The van der Waals surface area contributed by atoms with Crippen LogP contribution in [0.5, 0.6) is 0 Å². The molecule has 0 bridgehead atoms. The molecule has 28 heavy (non-hydrogen) atoms. The Morgan fingerprint density at radius 3 is 2.54 bits per heavy atom. The first-order valence-electron chi connectivity index (χ1n) is 10.0. The third kappa shape index (κ3) is 3.07.